The number of benzene rings is 2. The predicted molar refractivity (Wildman–Crippen MR) is 136 cm³/mol. The maximum atomic E-state index is 14.5. The number of hydrogen-bond acceptors (Lipinski definition) is 6. The Morgan fingerprint density at radius 3 is 2.54 bits per heavy atom. The molecule has 0 bridgehead atoms. The molecule has 0 saturated heterocycles. The average molecular weight is 516 g/mol. The summed E-state index contributed by atoms with van der Waals surface area (Å²) in [6.45, 7) is 4.16. The quantitative estimate of drug-likeness (QED) is 0.658. The Kier molecular flexibility index (Phi) is 9.60. The summed E-state index contributed by atoms with van der Waals surface area (Å²) in [4.78, 5) is 41.9. The van der Waals surface area contributed by atoms with E-state index in [1.54, 1.807) is 50.2 Å². The lowest BCUT2D eigenvalue weighted by molar-refractivity contribution is -0.119. The molecule has 200 valence electrons. The van der Waals surface area contributed by atoms with Crippen LogP contribution in [0.25, 0.3) is 0 Å². The Morgan fingerprint density at radius 1 is 1.14 bits per heavy atom. The lowest BCUT2D eigenvalue weighted by atomic mass is 10.0. The lowest BCUT2D eigenvalue weighted by Gasteiger charge is -2.36. The fourth-order valence-electron chi connectivity index (χ4n) is 4.25. The van der Waals surface area contributed by atoms with E-state index >= 15 is 0 Å². The highest BCUT2D eigenvalue weighted by molar-refractivity contribution is 5.98. The number of hydrogen-bond donors (Lipinski definition) is 1. The molecule has 2 aromatic carbocycles. The van der Waals surface area contributed by atoms with Gasteiger partial charge in [0, 0.05) is 52.0 Å². The van der Waals surface area contributed by atoms with Crippen LogP contribution in [0.4, 0.5) is 10.1 Å². The van der Waals surface area contributed by atoms with E-state index < -0.39 is 17.8 Å². The molecule has 1 N–H and O–H groups in total. The third-order valence-electron chi connectivity index (χ3n) is 6.37. The van der Waals surface area contributed by atoms with Crippen LogP contribution in [0.15, 0.2) is 42.5 Å². The van der Waals surface area contributed by atoms with E-state index in [1.807, 2.05) is 6.92 Å². The molecule has 3 atom stereocenters. The van der Waals surface area contributed by atoms with Gasteiger partial charge in [-0.15, -0.1) is 0 Å². The number of nitrogens with one attached hydrogen (secondary N) is 1. The SMILES string of the molecule is COCC(=O)Nc1ccc2c(c1)OC[C@H](C)N(C(=O)c1ccccc1F)C[C@H](C)[C@H](OC)CN(C)C2=O. The van der Waals surface area contributed by atoms with Crippen molar-refractivity contribution in [2.75, 3.05) is 52.9 Å². The molecule has 1 heterocycles. The highest BCUT2D eigenvalue weighted by atomic mass is 19.1. The molecular formula is C27H34FN3O6. The number of likely N-dealkylation sites (N-methyl/N-ethyl adjacent to an activating group) is 1. The molecule has 0 aromatic heterocycles. The van der Waals surface area contributed by atoms with Crippen molar-refractivity contribution in [2.45, 2.75) is 26.0 Å². The number of methoxy groups -OCH3 is 2. The van der Waals surface area contributed by atoms with Crippen molar-refractivity contribution in [3.63, 3.8) is 0 Å². The number of fused-ring (bicyclic) bond motifs is 1. The van der Waals surface area contributed by atoms with Gasteiger partial charge in [-0.05, 0) is 31.2 Å². The van der Waals surface area contributed by atoms with E-state index in [0.717, 1.165) is 0 Å². The van der Waals surface area contributed by atoms with Crippen LogP contribution in [0.5, 0.6) is 5.75 Å². The highest BCUT2D eigenvalue weighted by Crippen LogP contribution is 2.27. The molecule has 37 heavy (non-hydrogen) atoms. The molecule has 0 aliphatic carbocycles. The van der Waals surface area contributed by atoms with Crippen molar-refractivity contribution in [1.82, 2.24) is 9.80 Å². The number of carbonyl (C=O) groups excluding carboxylic acids is 3. The van der Waals surface area contributed by atoms with Crippen molar-refractivity contribution >= 4 is 23.4 Å². The number of amides is 3. The van der Waals surface area contributed by atoms with Crippen LogP contribution in [-0.4, -0.2) is 87.2 Å². The zero-order chi connectivity index (χ0) is 27.1. The Labute approximate surface area is 216 Å². The Balaban J connectivity index is 1.99. The van der Waals surface area contributed by atoms with Crippen molar-refractivity contribution in [2.24, 2.45) is 5.92 Å². The van der Waals surface area contributed by atoms with Crippen LogP contribution in [0.1, 0.15) is 34.6 Å². The first-order valence-electron chi connectivity index (χ1n) is 12.1. The van der Waals surface area contributed by atoms with Crippen LogP contribution < -0.4 is 10.1 Å². The van der Waals surface area contributed by atoms with Gasteiger partial charge in [0.05, 0.1) is 23.3 Å². The summed E-state index contributed by atoms with van der Waals surface area (Å²) in [6, 6.07) is 10.1. The molecule has 1 aliphatic rings. The monoisotopic (exact) mass is 515 g/mol. The molecule has 9 nitrogen and oxygen atoms in total. The summed E-state index contributed by atoms with van der Waals surface area (Å²) in [5.74, 6) is -1.61. The zero-order valence-electron chi connectivity index (χ0n) is 21.8. The summed E-state index contributed by atoms with van der Waals surface area (Å²) >= 11 is 0. The van der Waals surface area contributed by atoms with E-state index in [2.05, 4.69) is 5.32 Å². The lowest BCUT2D eigenvalue weighted by Crippen LogP contribution is -2.48. The predicted octanol–water partition coefficient (Wildman–Crippen LogP) is 3.06. The normalized spacial score (nSPS) is 20.8. The molecule has 0 saturated carbocycles. The van der Waals surface area contributed by atoms with E-state index in [4.69, 9.17) is 14.2 Å². The van der Waals surface area contributed by atoms with Gasteiger partial charge in [0.25, 0.3) is 11.8 Å². The topological polar surface area (TPSA) is 97.4 Å². The molecule has 0 spiro atoms. The molecule has 10 heteroatoms. The minimum Gasteiger partial charge on any atom is -0.491 e. The van der Waals surface area contributed by atoms with Crippen LogP contribution in [0.3, 0.4) is 0 Å². The molecule has 3 rings (SSSR count). The number of rotatable bonds is 5. The summed E-state index contributed by atoms with van der Waals surface area (Å²) in [5.41, 5.74) is 0.701. The van der Waals surface area contributed by atoms with Crippen LogP contribution in [0, 0.1) is 11.7 Å². The van der Waals surface area contributed by atoms with Crippen molar-refractivity contribution in [1.29, 1.82) is 0 Å². The largest absolute Gasteiger partial charge is 0.491 e. The fourth-order valence-corrected chi connectivity index (χ4v) is 4.25. The third-order valence-corrected chi connectivity index (χ3v) is 6.37. The maximum Gasteiger partial charge on any atom is 0.257 e. The van der Waals surface area contributed by atoms with Crippen LogP contribution in [-0.2, 0) is 14.3 Å². The second kappa shape index (κ2) is 12.6. The molecular weight excluding hydrogens is 481 g/mol. The summed E-state index contributed by atoms with van der Waals surface area (Å²) < 4.78 is 31.1. The van der Waals surface area contributed by atoms with Gasteiger partial charge in [-0.2, -0.15) is 0 Å². The Hall–Kier alpha value is -3.50. The molecule has 0 fully saturated rings. The first kappa shape index (κ1) is 28.1. The second-order valence-corrected chi connectivity index (χ2v) is 9.23. The molecule has 0 unspecified atom stereocenters. The van der Waals surface area contributed by atoms with Gasteiger partial charge in [0.2, 0.25) is 5.91 Å². The van der Waals surface area contributed by atoms with Gasteiger partial charge >= 0.3 is 0 Å². The van der Waals surface area contributed by atoms with Gasteiger partial charge in [-0.3, -0.25) is 14.4 Å². The van der Waals surface area contributed by atoms with Crippen molar-refractivity contribution < 1.29 is 33.0 Å². The summed E-state index contributed by atoms with van der Waals surface area (Å²) in [6.07, 6.45) is -0.381. The first-order chi connectivity index (χ1) is 17.7. The van der Waals surface area contributed by atoms with Gasteiger partial charge in [-0.1, -0.05) is 19.1 Å². The Morgan fingerprint density at radius 2 is 1.86 bits per heavy atom. The van der Waals surface area contributed by atoms with Crippen molar-refractivity contribution in [3.05, 3.63) is 59.4 Å². The van der Waals surface area contributed by atoms with E-state index in [-0.39, 0.29) is 61.5 Å². The van der Waals surface area contributed by atoms with Gasteiger partial charge in [0.15, 0.2) is 0 Å². The molecule has 2 aromatic rings. The summed E-state index contributed by atoms with van der Waals surface area (Å²) in [7, 11) is 4.64. The maximum absolute atomic E-state index is 14.5. The number of carbonyl (C=O) groups is 3. The number of ether oxygens (including phenoxy) is 3. The smallest absolute Gasteiger partial charge is 0.257 e. The van der Waals surface area contributed by atoms with E-state index in [1.165, 1.54) is 30.2 Å². The van der Waals surface area contributed by atoms with Gasteiger partial charge in [0.1, 0.15) is 24.8 Å². The Bertz CT molecular complexity index is 1130. The van der Waals surface area contributed by atoms with Crippen molar-refractivity contribution in [3.8, 4) is 5.75 Å². The standard InChI is InChI=1S/C27H34FN3O6/c1-17-13-31(27(34)20-8-6-7-9-22(20)28)18(2)15-37-23-12-19(29-25(32)16-35-4)10-11-21(23)26(33)30(3)14-24(17)36-5/h6-12,17-18,24H,13-16H2,1-5H3,(H,29,32)/t17-,18-,24+/m0/s1. The minimum absolute atomic E-state index is 0.0292. The fraction of sp³-hybridized carbons (Fsp3) is 0.444. The van der Waals surface area contributed by atoms with Crippen LogP contribution in [0.2, 0.25) is 0 Å². The molecule has 3 amide bonds. The highest BCUT2D eigenvalue weighted by Gasteiger charge is 2.31. The first-order valence-corrected chi connectivity index (χ1v) is 12.1. The molecule has 1 aliphatic heterocycles. The van der Waals surface area contributed by atoms with Gasteiger partial charge < -0.3 is 29.3 Å². The summed E-state index contributed by atoms with van der Waals surface area (Å²) in [5, 5.41) is 2.70. The van der Waals surface area contributed by atoms with E-state index in [0.29, 0.717) is 11.3 Å². The average Bonchev–Trinajstić information content (AvgIpc) is 2.87. The second-order valence-electron chi connectivity index (χ2n) is 9.23. The number of anilines is 1. The number of halogens is 1. The van der Waals surface area contributed by atoms with Gasteiger partial charge in [-0.25, -0.2) is 4.39 Å². The molecule has 0 radical (unpaired) electrons. The zero-order valence-corrected chi connectivity index (χ0v) is 21.8. The van der Waals surface area contributed by atoms with Crippen LogP contribution >= 0.6 is 0 Å². The van der Waals surface area contributed by atoms with E-state index in [9.17, 15) is 18.8 Å². The third kappa shape index (κ3) is 6.84. The minimum atomic E-state index is -0.602. The number of nitrogens with zero attached hydrogens (tertiary/aromatic N) is 2.